The monoisotopic (exact) mass is 408 g/mol. The predicted molar refractivity (Wildman–Crippen MR) is 86.9 cm³/mol. The van der Waals surface area contributed by atoms with Crippen LogP contribution >= 0.6 is 69.6 Å². The van der Waals surface area contributed by atoms with Gasteiger partial charge in [0, 0.05) is 16.1 Å². The first-order valence-electron chi connectivity index (χ1n) is 5.34. The number of halogens is 8. The van der Waals surface area contributed by atoms with Crippen molar-refractivity contribution in [2.45, 2.75) is 6.43 Å². The molecule has 21 heavy (non-hydrogen) atoms. The van der Waals surface area contributed by atoms with E-state index in [4.69, 9.17) is 69.6 Å². The molecule has 8 heteroatoms. The van der Waals surface area contributed by atoms with Crippen molar-refractivity contribution in [3.8, 4) is 11.1 Å². The molecular formula is C13H4Cl6F2. The highest BCUT2D eigenvalue weighted by Gasteiger charge is 2.21. The summed E-state index contributed by atoms with van der Waals surface area (Å²) in [5, 5.41) is 0.102. The van der Waals surface area contributed by atoms with Crippen molar-refractivity contribution in [1.82, 2.24) is 0 Å². The molecule has 112 valence electrons. The van der Waals surface area contributed by atoms with Gasteiger partial charge in [-0.25, -0.2) is 8.78 Å². The highest BCUT2D eigenvalue weighted by molar-refractivity contribution is 6.56. The second-order valence-electron chi connectivity index (χ2n) is 4.02. The van der Waals surface area contributed by atoms with Gasteiger partial charge in [0.1, 0.15) is 0 Å². The van der Waals surface area contributed by atoms with E-state index in [0.29, 0.717) is 0 Å². The van der Waals surface area contributed by atoms with Crippen LogP contribution in [0.15, 0.2) is 18.2 Å². The van der Waals surface area contributed by atoms with Crippen molar-refractivity contribution >= 4 is 69.6 Å². The molecule has 0 N–H and O–H groups in total. The smallest absolute Gasteiger partial charge is 0.205 e. The van der Waals surface area contributed by atoms with Gasteiger partial charge < -0.3 is 0 Å². The molecule has 0 nitrogen and oxygen atoms in total. The lowest BCUT2D eigenvalue weighted by molar-refractivity contribution is 0.151. The minimum Gasteiger partial charge on any atom is -0.205 e. The van der Waals surface area contributed by atoms with Crippen LogP contribution in [0.5, 0.6) is 0 Å². The van der Waals surface area contributed by atoms with Crippen molar-refractivity contribution in [2.24, 2.45) is 0 Å². The Hall–Kier alpha value is 0.0400. The topological polar surface area (TPSA) is 0 Å². The Morgan fingerprint density at radius 3 is 1.62 bits per heavy atom. The summed E-state index contributed by atoms with van der Waals surface area (Å²) in [4.78, 5) is 0. The molecule has 0 amide bonds. The van der Waals surface area contributed by atoms with Crippen LogP contribution in [0, 0.1) is 0 Å². The van der Waals surface area contributed by atoms with E-state index >= 15 is 0 Å². The average Bonchev–Trinajstić information content (AvgIpc) is 2.42. The van der Waals surface area contributed by atoms with E-state index in [1.54, 1.807) is 0 Å². The zero-order chi connectivity index (χ0) is 15.9. The maximum atomic E-state index is 12.9. The largest absolute Gasteiger partial charge is 0.263 e. The highest BCUT2D eigenvalue weighted by atomic mass is 35.5. The molecule has 0 aliphatic rings. The highest BCUT2D eigenvalue weighted by Crippen LogP contribution is 2.48. The number of rotatable bonds is 2. The molecule has 0 saturated carbocycles. The molecule has 0 bridgehead atoms. The fourth-order valence-corrected chi connectivity index (χ4v) is 3.34. The van der Waals surface area contributed by atoms with Crippen molar-refractivity contribution in [1.29, 1.82) is 0 Å². The Kier molecular flexibility index (Phi) is 5.51. The molecule has 0 aromatic heterocycles. The summed E-state index contributed by atoms with van der Waals surface area (Å²) in [6, 6.07) is 3.79. The summed E-state index contributed by atoms with van der Waals surface area (Å²) in [5.74, 6) is 0. The molecule has 0 radical (unpaired) electrons. The van der Waals surface area contributed by atoms with Crippen molar-refractivity contribution in [3.05, 3.63) is 53.9 Å². The van der Waals surface area contributed by atoms with Gasteiger partial charge in [-0.3, -0.25) is 0 Å². The summed E-state index contributed by atoms with van der Waals surface area (Å²) in [5.41, 5.74) is 0.197. The van der Waals surface area contributed by atoms with E-state index in [1.165, 1.54) is 12.1 Å². The summed E-state index contributed by atoms with van der Waals surface area (Å²) in [6.45, 7) is 0. The summed E-state index contributed by atoms with van der Waals surface area (Å²) >= 11 is 35.9. The van der Waals surface area contributed by atoms with Gasteiger partial charge in [0.15, 0.2) is 0 Å². The van der Waals surface area contributed by atoms with Crippen LogP contribution in [0.2, 0.25) is 30.1 Å². The molecule has 2 aromatic carbocycles. The third kappa shape index (κ3) is 3.36. The Balaban J connectivity index is 2.79. The first-order chi connectivity index (χ1) is 9.73. The van der Waals surface area contributed by atoms with Crippen LogP contribution in [0.3, 0.4) is 0 Å². The van der Waals surface area contributed by atoms with E-state index in [-0.39, 0.29) is 46.8 Å². The normalized spacial score (nSPS) is 11.3. The fraction of sp³-hybridized carbons (Fsp3) is 0.0769. The van der Waals surface area contributed by atoms with Gasteiger partial charge in [0.2, 0.25) is 0 Å². The maximum Gasteiger partial charge on any atom is 0.263 e. The van der Waals surface area contributed by atoms with Crippen molar-refractivity contribution < 1.29 is 8.78 Å². The molecule has 2 rings (SSSR count). The Bertz CT molecular complexity index is 685. The molecule has 0 aliphatic carbocycles. The van der Waals surface area contributed by atoms with Gasteiger partial charge in [0.05, 0.1) is 25.1 Å². The van der Waals surface area contributed by atoms with Crippen LogP contribution in [0.1, 0.15) is 12.0 Å². The fourth-order valence-electron chi connectivity index (χ4n) is 1.74. The Morgan fingerprint density at radius 1 is 0.667 bits per heavy atom. The molecule has 0 spiro atoms. The minimum absolute atomic E-state index is 0.00630. The molecule has 0 saturated heterocycles. The van der Waals surface area contributed by atoms with Crippen molar-refractivity contribution in [2.75, 3.05) is 0 Å². The molecular weight excluding hydrogens is 407 g/mol. The average molecular weight is 411 g/mol. The van der Waals surface area contributed by atoms with E-state index in [9.17, 15) is 8.78 Å². The molecule has 0 heterocycles. The third-order valence-corrected chi connectivity index (χ3v) is 5.17. The first kappa shape index (κ1) is 17.4. The lowest BCUT2D eigenvalue weighted by Crippen LogP contribution is -1.90. The summed E-state index contributed by atoms with van der Waals surface area (Å²) < 4.78 is 25.7. The molecule has 0 fully saturated rings. The van der Waals surface area contributed by atoms with Crippen LogP contribution in [0.4, 0.5) is 8.78 Å². The van der Waals surface area contributed by atoms with Gasteiger partial charge >= 0.3 is 0 Å². The SMILES string of the molecule is FC(F)c1cc(Cl)cc(-c2c(Cl)c(Cl)c(Cl)c(Cl)c2Cl)c1. The van der Waals surface area contributed by atoms with Crippen LogP contribution in [0.25, 0.3) is 11.1 Å². The van der Waals surface area contributed by atoms with Gasteiger partial charge in [0.25, 0.3) is 6.43 Å². The lowest BCUT2D eigenvalue weighted by atomic mass is 10.0. The number of hydrogen-bond acceptors (Lipinski definition) is 0. The minimum atomic E-state index is -2.70. The summed E-state index contributed by atoms with van der Waals surface area (Å²) in [6.07, 6.45) is -2.70. The summed E-state index contributed by atoms with van der Waals surface area (Å²) in [7, 11) is 0. The van der Waals surface area contributed by atoms with Gasteiger partial charge in [-0.1, -0.05) is 69.6 Å². The van der Waals surface area contributed by atoms with Gasteiger partial charge in [-0.05, 0) is 23.8 Å². The Labute approximate surface area is 149 Å². The van der Waals surface area contributed by atoms with Crippen molar-refractivity contribution in [3.63, 3.8) is 0 Å². The van der Waals surface area contributed by atoms with Crippen LogP contribution in [-0.4, -0.2) is 0 Å². The Morgan fingerprint density at radius 2 is 1.14 bits per heavy atom. The number of hydrogen-bond donors (Lipinski definition) is 0. The predicted octanol–water partition coefficient (Wildman–Crippen LogP) is 8.21. The van der Waals surface area contributed by atoms with E-state index in [0.717, 1.165) is 6.07 Å². The standard InChI is InChI=1S/C13H4Cl6F2/c14-6-2-4(1-5(3-6)13(20)21)7-8(15)10(17)12(19)11(18)9(7)16/h1-3,13H. The first-order valence-corrected chi connectivity index (χ1v) is 7.61. The molecule has 2 aromatic rings. The molecule has 0 atom stereocenters. The zero-order valence-electron chi connectivity index (χ0n) is 9.83. The van der Waals surface area contributed by atoms with Gasteiger partial charge in [-0.2, -0.15) is 0 Å². The second kappa shape index (κ2) is 6.66. The van der Waals surface area contributed by atoms with E-state index < -0.39 is 6.43 Å². The maximum absolute atomic E-state index is 12.9. The molecule has 0 unspecified atom stereocenters. The van der Waals surface area contributed by atoms with Gasteiger partial charge in [-0.15, -0.1) is 0 Å². The second-order valence-corrected chi connectivity index (χ2v) is 6.35. The lowest BCUT2D eigenvalue weighted by Gasteiger charge is -2.14. The zero-order valence-corrected chi connectivity index (χ0v) is 14.4. The quantitative estimate of drug-likeness (QED) is 0.345. The van der Waals surface area contributed by atoms with Crippen LogP contribution in [-0.2, 0) is 0 Å². The van der Waals surface area contributed by atoms with E-state index in [1.807, 2.05) is 0 Å². The third-order valence-electron chi connectivity index (χ3n) is 2.67. The van der Waals surface area contributed by atoms with E-state index in [2.05, 4.69) is 0 Å². The number of benzene rings is 2. The number of alkyl halides is 2. The molecule has 0 aliphatic heterocycles. The van der Waals surface area contributed by atoms with Crippen LogP contribution < -0.4 is 0 Å².